The van der Waals surface area contributed by atoms with Crippen LogP contribution in [0.2, 0.25) is 0 Å². The van der Waals surface area contributed by atoms with Crippen LogP contribution in [0.4, 0.5) is 5.69 Å². The van der Waals surface area contributed by atoms with Gasteiger partial charge < -0.3 is 19.5 Å². The van der Waals surface area contributed by atoms with E-state index >= 15 is 0 Å². The zero-order valence-corrected chi connectivity index (χ0v) is 17.5. The second kappa shape index (κ2) is 9.75. The molecule has 0 aliphatic carbocycles. The van der Waals surface area contributed by atoms with Gasteiger partial charge in [-0.05, 0) is 47.5 Å². The molecule has 0 radical (unpaired) electrons. The SMILES string of the molecule is CCC(Oc1ccc2ccccc2c1)C(=O)Nc1cc(C(=O)OC)ccc1C(=O)OC. The minimum Gasteiger partial charge on any atom is -0.481 e. The van der Waals surface area contributed by atoms with Crippen LogP contribution in [0.15, 0.2) is 60.7 Å². The fraction of sp³-hybridized carbons (Fsp3) is 0.208. The minimum atomic E-state index is -0.812. The molecule has 0 aromatic heterocycles. The highest BCUT2D eigenvalue weighted by atomic mass is 16.5. The maximum atomic E-state index is 12.9. The number of carbonyl (C=O) groups excluding carboxylic acids is 3. The summed E-state index contributed by atoms with van der Waals surface area (Å²) < 4.78 is 15.4. The highest BCUT2D eigenvalue weighted by Crippen LogP contribution is 2.24. The maximum Gasteiger partial charge on any atom is 0.339 e. The number of fused-ring (bicyclic) bond motifs is 1. The molecular formula is C24H23NO6. The van der Waals surface area contributed by atoms with E-state index in [1.54, 1.807) is 6.07 Å². The Balaban J connectivity index is 1.84. The van der Waals surface area contributed by atoms with E-state index in [1.807, 2.05) is 43.3 Å². The zero-order chi connectivity index (χ0) is 22.4. The molecule has 0 spiro atoms. The Morgan fingerprint density at radius 1 is 0.871 bits per heavy atom. The highest BCUT2D eigenvalue weighted by Gasteiger charge is 2.23. The lowest BCUT2D eigenvalue weighted by Crippen LogP contribution is -2.33. The van der Waals surface area contributed by atoms with Gasteiger partial charge in [-0.3, -0.25) is 4.79 Å². The van der Waals surface area contributed by atoms with Gasteiger partial charge >= 0.3 is 11.9 Å². The van der Waals surface area contributed by atoms with Crippen molar-refractivity contribution >= 4 is 34.3 Å². The third kappa shape index (κ3) is 5.01. The number of ether oxygens (including phenoxy) is 3. The second-order valence-corrected chi connectivity index (χ2v) is 6.76. The summed E-state index contributed by atoms with van der Waals surface area (Å²) in [7, 11) is 2.49. The fourth-order valence-corrected chi connectivity index (χ4v) is 3.12. The molecule has 7 heteroatoms. The molecule has 3 aromatic carbocycles. The van der Waals surface area contributed by atoms with E-state index in [-0.39, 0.29) is 16.8 Å². The quantitative estimate of drug-likeness (QED) is 0.575. The Labute approximate surface area is 179 Å². The number of nitrogens with one attached hydrogen (secondary N) is 1. The van der Waals surface area contributed by atoms with Gasteiger partial charge in [0.15, 0.2) is 6.10 Å². The summed E-state index contributed by atoms with van der Waals surface area (Å²) in [5.41, 5.74) is 0.443. The molecule has 0 bridgehead atoms. The normalized spacial score (nSPS) is 11.5. The van der Waals surface area contributed by atoms with Crippen molar-refractivity contribution in [3.8, 4) is 5.75 Å². The van der Waals surface area contributed by atoms with Crippen LogP contribution < -0.4 is 10.1 Å². The standard InChI is InChI=1S/C24H23NO6/c1-4-21(31-18-11-9-15-7-5-6-8-16(15)13-18)22(26)25-20-14-17(23(27)29-2)10-12-19(20)24(28)30-3/h5-14,21H,4H2,1-3H3,(H,25,26). The molecule has 0 aliphatic heterocycles. The number of esters is 2. The van der Waals surface area contributed by atoms with Crippen molar-refractivity contribution in [2.45, 2.75) is 19.4 Å². The van der Waals surface area contributed by atoms with Gasteiger partial charge in [-0.25, -0.2) is 9.59 Å². The van der Waals surface area contributed by atoms with Crippen LogP contribution in [0, 0.1) is 0 Å². The van der Waals surface area contributed by atoms with Gasteiger partial charge in [0.05, 0.1) is 31.0 Å². The number of anilines is 1. The summed E-state index contributed by atoms with van der Waals surface area (Å²) in [6, 6.07) is 17.6. The van der Waals surface area contributed by atoms with E-state index in [2.05, 4.69) is 5.32 Å². The van der Waals surface area contributed by atoms with Crippen LogP contribution in [0.5, 0.6) is 5.75 Å². The molecule has 1 atom stereocenters. The molecule has 1 amide bonds. The first-order valence-electron chi connectivity index (χ1n) is 9.73. The largest absolute Gasteiger partial charge is 0.481 e. The lowest BCUT2D eigenvalue weighted by atomic mass is 10.1. The van der Waals surface area contributed by atoms with Crippen molar-refractivity contribution in [3.05, 3.63) is 71.8 Å². The molecule has 7 nitrogen and oxygen atoms in total. The van der Waals surface area contributed by atoms with E-state index in [0.29, 0.717) is 12.2 Å². The molecule has 0 saturated carbocycles. The van der Waals surface area contributed by atoms with Gasteiger partial charge in [-0.15, -0.1) is 0 Å². The molecule has 160 valence electrons. The summed E-state index contributed by atoms with van der Waals surface area (Å²) in [6.45, 7) is 1.82. The van der Waals surface area contributed by atoms with Crippen molar-refractivity contribution in [2.75, 3.05) is 19.5 Å². The highest BCUT2D eigenvalue weighted by molar-refractivity contribution is 6.04. The van der Waals surface area contributed by atoms with Crippen molar-refractivity contribution in [1.29, 1.82) is 0 Å². The summed E-state index contributed by atoms with van der Waals surface area (Å²) in [4.78, 5) is 36.9. The van der Waals surface area contributed by atoms with E-state index in [0.717, 1.165) is 10.8 Å². The van der Waals surface area contributed by atoms with E-state index in [9.17, 15) is 14.4 Å². The summed E-state index contributed by atoms with van der Waals surface area (Å²) in [5.74, 6) is -1.14. The lowest BCUT2D eigenvalue weighted by Gasteiger charge is -2.19. The molecule has 1 unspecified atom stereocenters. The Bertz CT molecular complexity index is 1120. The molecule has 0 fully saturated rings. The molecule has 0 heterocycles. The first-order valence-corrected chi connectivity index (χ1v) is 9.73. The predicted molar refractivity (Wildman–Crippen MR) is 116 cm³/mol. The number of rotatable bonds is 7. The van der Waals surface area contributed by atoms with Crippen molar-refractivity contribution in [1.82, 2.24) is 0 Å². The number of amides is 1. The monoisotopic (exact) mass is 421 g/mol. The Morgan fingerprint density at radius 2 is 1.58 bits per heavy atom. The van der Waals surface area contributed by atoms with Crippen molar-refractivity contribution in [2.24, 2.45) is 0 Å². The molecule has 3 aromatic rings. The second-order valence-electron chi connectivity index (χ2n) is 6.76. The Hall–Kier alpha value is -3.87. The average molecular weight is 421 g/mol. The van der Waals surface area contributed by atoms with Crippen molar-refractivity contribution < 1.29 is 28.6 Å². The fourth-order valence-electron chi connectivity index (χ4n) is 3.12. The van der Waals surface area contributed by atoms with Crippen LogP contribution in [-0.4, -0.2) is 38.2 Å². The molecular weight excluding hydrogens is 398 g/mol. The van der Waals surface area contributed by atoms with Gasteiger partial charge in [-0.1, -0.05) is 37.3 Å². The topological polar surface area (TPSA) is 90.9 Å². The maximum absolute atomic E-state index is 12.9. The number of hydrogen-bond acceptors (Lipinski definition) is 6. The average Bonchev–Trinajstić information content (AvgIpc) is 2.81. The first kappa shape index (κ1) is 21.8. The van der Waals surface area contributed by atoms with Crippen LogP contribution >= 0.6 is 0 Å². The molecule has 31 heavy (non-hydrogen) atoms. The smallest absolute Gasteiger partial charge is 0.339 e. The van der Waals surface area contributed by atoms with E-state index in [1.165, 1.54) is 32.4 Å². The number of carbonyl (C=O) groups is 3. The first-order chi connectivity index (χ1) is 15.0. The van der Waals surface area contributed by atoms with Gasteiger partial charge in [0, 0.05) is 0 Å². The predicted octanol–water partition coefficient (Wildman–Crippen LogP) is 4.21. The number of hydrogen-bond donors (Lipinski definition) is 1. The van der Waals surface area contributed by atoms with Gasteiger partial charge in [-0.2, -0.15) is 0 Å². The Morgan fingerprint density at radius 3 is 2.26 bits per heavy atom. The van der Waals surface area contributed by atoms with Gasteiger partial charge in [0.1, 0.15) is 5.75 Å². The third-order valence-electron chi connectivity index (χ3n) is 4.77. The van der Waals surface area contributed by atoms with Crippen LogP contribution in [0.3, 0.4) is 0 Å². The number of benzene rings is 3. The van der Waals surface area contributed by atoms with Crippen LogP contribution in [0.25, 0.3) is 10.8 Å². The van der Waals surface area contributed by atoms with Crippen LogP contribution in [0.1, 0.15) is 34.1 Å². The number of methoxy groups -OCH3 is 2. The van der Waals surface area contributed by atoms with Crippen LogP contribution in [-0.2, 0) is 14.3 Å². The Kier molecular flexibility index (Phi) is 6.87. The third-order valence-corrected chi connectivity index (χ3v) is 4.77. The molecule has 3 rings (SSSR count). The summed E-state index contributed by atoms with van der Waals surface area (Å²) in [5, 5.41) is 4.74. The van der Waals surface area contributed by atoms with E-state index < -0.39 is 23.9 Å². The lowest BCUT2D eigenvalue weighted by molar-refractivity contribution is -0.122. The van der Waals surface area contributed by atoms with Crippen molar-refractivity contribution in [3.63, 3.8) is 0 Å². The molecule has 0 saturated heterocycles. The summed E-state index contributed by atoms with van der Waals surface area (Å²) >= 11 is 0. The zero-order valence-electron chi connectivity index (χ0n) is 17.5. The molecule has 1 N–H and O–H groups in total. The van der Waals surface area contributed by atoms with Gasteiger partial charge in [0.2, 0.25) is 0 Å². The van der Waals surface area contributed by atoms with E-state index in [4.69, 9.17) is 14.2 Å². The van der Waals surface area contributed by atoms with Gasteiger partial charge in [0.25, 0.3) is 5.91 Å². The summed E-state index contributed by atoms with van der Waals surface area (Å²) in [6.07, 6.45) is -0.420. The minimum absolute atomic E-state index is 0.115. The molecule has 0 aliphatic rings.